The topological polar surface area (TPSA) is 63.4 Å². The SMILES string of the molecule is CCCN(CC(C)(C)CN)S(=O)(=O)c1ccc(CC)cc1. The Morgan fingerprint density at radius 2 is 1.71 bits per heavy atom. The Bertz CT molecular complexity index is 536. The van der Waals surface area contributed by atoms with Crippen molar-refractivity contribution >= 4 is 10.0 Å². The molecule has 0 bridgehead atoms. The lowest BCUT2D eigenvalue weighted by molar-refractivity contribution is 0.266. The molecule has 5 heteroatoms. The second kappa shape index (κ2) is 7.38. The molecular weight excluding hydrogens is 284 g/mol. The van der Waals surface area contributed by atoms with Crippen molar-refractivity contribution in [1.29, 1.82) is 0 Å². The second-order valence-corrected chi connectivity index (χ2v) is 8.14. The van der Waals surface area contributed by atoms with Crippen LogP contribution in [0.4, 0.5) is 0 Å². The standard InChI is InChI=1S/C16H28N2O2S/c1-5-11-18(13-16(3,4)12-17)21(19,20)15-9-7-14(6-2)8-10-15/h7-10H,5-6,11-13,17H2,1-4H3. The van der Waals surface area contributed by atoms with Gasteiger partial charge < -0.3 is 5.73 Å². The number of sulfonamides is 1. The van der Waals surface area contributed by atoms with E-state index in [0.717, 1.165) is 18.4 Å². The maximum Gasteiger partial charge on any atom is 0.243 e. The highest BCUT2D eigenvalue weighted by Gasteiger charge is 2.29. The summed E-state index contributed by atoms with van der Waals surface area (Å²) in [6.07, 6.45) is 1.69. The van der Waals surface area contributed by atoms with Crippen LogP contribution < -0.4 is 5.73 Å². The van der Waals surface area contributed by atoms with Crippen LogP contribution in [0.1, 0.15) is 39.7 Å². The van der Waals surface area contributed by atoms with Gasteiger partial charge in [-0.2, -0.15) is 4.31 Å². The third-order valence-electron chi connectivity index (χ3n) is 3.60. The Kier molecular flexibility index (Phi) is 6.38. The van der Waals surface area contributed by atoms with E-state index in [1.54, 1.807) is 16.4 Å². The predicted molar refractivity (Wildman–Crippen MR) is 87.7 cm³/mol. The first-order valence-corrected chi connectivity index (χ1v) is 9.00. The third kappa shape index (κ3) is 4.80. The first-order chi connectivity index (χ1) is 9.76. The van der Waals surface area contributed by atoms with Crippen LogP contribution in [-0.2, 0) is 16.4 Å². The highest BCUT2D eigenvalue weighted by Crippen LogP contribution is 2.22. The minimum absolute atomic E-state index is 0.231. The monoisotopic (exact) mass is 312 g/mol. The lowest BCUT2D eigenvalue weighted by atomic mass is 9.94. The predicted octanol–water partition coefficient (Wildman–Crippen LogP) is 2.63. The van der Waals surface area contributed by atoms with Gasteiger partial charge in [-0.15, -0.1) is 0 Å². The molecule has 0 saturated heterocycles. The fourth-order valence-corrected chi connectivity index (χ4v) is 3.84. The zero-order chi connectivity index (χ0) is 16.1. The van der Waals surface area contributed by atoms with Gasteiger partial charge in [-0.25, -0.2) is 8.42 Å². The largest absolute Gasteiger partial charge is 0.330 e. The molecule has 0 saturated carbocycles. The molecule has 0 aliphatic carbocycles. The summed E-state index contributed by atoms with van der Waals surface area (Å²) in [5.41, 5.74) is 6.66. The fourth-order valence-electron chi connectivity index (χ4n) is 2.12. The maximum absolute atomic E-state index is 12.8. The number of hydrogen-bond acceptors (Lipinski definition) is 3. The minimum atomic E-state index is -3.45. The second-order valence-electron chi connectivity index (χ2n) is 6.20. The van der Waals surface area contributed by atoms with Crippen LogP contribution >= 0.6 is 0 Å². The zero-order valence-electron chi connectivity index (χ0n) is 13.6. The summed E-state index contributed by atoms with van der Waals surface area (Å²) in [6, 6.07) is 7.16. The van der Waals surface area contributed by atoms with Gasteiger partial charge in [0.15, 0.2) is 0 Å². The van der Waals surface area contributed by atoms with Gasteiger partial charge in [0.25, 0.3) is 0 Å². The molecule has 0 aromatic heterocycles. The maximum atomic E-state index is 12.8. The molecule has 120 valence electrons. The van der Waals surface area contributed by atoms with E-state index >= 15 is 0 Å². The summed E-state index contributed by atoms with van der Waals surface area (Å²) < 4.78 is 27.2. The Balaban J connectivity index is 3.08. The van der Waals surface area contributed by atoms with Crippen molar-refractivity contribution < 1.29 is 8.42 Å². The van der Waals surface area contributed by atoms with Crippen LogP contribution in [0.5, 0.6) is 0 Å². The van der Waals surface area contributed by atoms with Gasteiger partial charge in [0.1, 0.15) is 0 Å². The summed E-state index contributed by atoms with van der Waals surface area (Å²) in [5, 5.41) is 0. The van der Waals surface area contributed by atoms with Crippen LogP contribution in [0.25, 0.3) is 0 Å². The summed E-state index contributed by atoms with van der Waals surface area (Å²) in [4.78, 5) is 0.362. The van der Waals surface area contributed by atoms with Crippen LogP contribution in [0, 0.1) is 5.41 Å². The molecular formula is C16H28N2O2S. The average Bonchev–Trinajstić information content (AvgIpc) is 2.46. The Labute approximate surface area is 129 Å². The molecule has 2 N–H and O–H groups in total. The van der Waals surface area contributed by atoms with Crippen LogP contribution in [-0.4, -0.2) is 32.4 Å². The summed E-state index contributed by atoms with van der Waals surface area (Å²) >= 11 is 0. The molecule has 4 nitrogen and oxygen atoms in total. The van der Waals surface area contributed by atoms with Crippen molar-refractivity contribution in [3.8, 4) is 0 Å². The van der Waals surface area contributed by atoms with Crippen molar-refractivity contribution in [2.45, 2.75) is 45.4 Å². The fraction of sp³-hybridized carbons (Fsp3) is 0.625. The first-order valence-electron chi connectivity index (χ1n) is 7.56. The molecule has 0 heterocycles. The number of aryl methyl sites for hydroxylation is 1. The lowest BCUT2D eigenvalue weighted by Crippen LogP contribution is -2.42. The molecule has 0 unspecified atom stereocenters. The molecule has 1 aromatic rings. The average molecular weight is 312 g/mol. The number of benzene rings is 1. The van der Waals surface area contributed by atoms with Crippen molar-refractivity contribution in [2.75, 3.05) is 19.6 Å². The first kappa shape index (κ1) is 18.1. The van der Waals surface area contributed by atoms with Gasteiger partial charge >= 0.3 is 0 Å². The molecule has 0 atom stereocenters. The normalized spacial score (nSPS) is 12.9. The summed E-state index contributed by atoms with van der Waals surface area (Å²) in [7, 11) is -3.45. The van der Waals surface area contributed by atoms with Crippen molar-refractivity contribution in [1.82, 2.24) is 4.31 Å². The van der Waals surface area contributed by atoms with Crippen molar-refractivity contribution in [3.63, 3.8) is 0 Å². The number of nitrogens with zero attached hydrogens (tertiary/aromatic N) is 1. The third-order valence-corrected chi connectivity index (χ3v) is 5.46. The van der Waals surface area contributed by atoms with Gasteiger partial charge in [0.05, 0.1) is 4.90 Å². The minimum Gasteiger partial charge on any atom is -0.330 e. The van der Waals surface area contributed by atoms with Gasteiger partial charge in [-0.3, -0.25) is 0 Å². The summed E-state index contributed by atoms with van der Waals surface area (Å²) in [6.45, 7) is 9.43. The van der Waals surface area contributed by atoms with Gasteiger partial charge in [0.2, 0.25) is 10.0 Å². The molecule has 0 spiro atoms. The van der Waals surface area contributed by atoms with E-state index in [0.29, 0.717) is 24.5 Å². The van der Waals surface area contributed by atoms with Gasteiger partial charge in [-0.05, 0) is 42.5 Å². The number of rotatable bonds is 8. The number of hydrogen-bond donors (Lipinski definition) is 1. The molecule has 1 rings (SSSR count). The van der Waals surface area contributed by atoms with Crippen molar-refractivity contribution in [2.24, 2.45) is 11.1 Å². The van der Waals surface area contributed by atoms with Crippen molar-refractivity contribution in [3.05, 3.63) is 29.8 Å². The quantitative estimate of drug-likeness (QED) is 0.802. The van der Waals surface area contributed by atoms with Crippen LogP contribution in [0.15, 0.2) is 29.2 Å². The van der Waals surface area contributed by atoms with E-state index in [4.69, 9.17) is 5.73 Å². The van der Waals surface area contributed by atoms with E-state index in [-0.39, 0.29) is 5.41 Å². The molecule has 21 heavy (non-hydrogen) atoms. The Hall–Kier alpha value is -0.910. The molecule has 0 aliphatic heterocycles. The smallest absolute Gasteiger partial charge is 0.243 e. The molecule has 1 aromatic carbocycles. The lowest BCUT2D eigenvalue weighted by Gasteiger charge is -2.31. The van der Waals surface area contributed by atoms with E-state index < -0.39 is 10.0 Å². The molecule has 0 amide bonds. The van der Waals surface area contributed by atoms with Crippen LogP contribution in [0.3, 0.4) is 0 Å². The Morgan fingerprint density at radius 1 is 1.14 bits per heavy atom. The molecule has 0 fully saturated rings. The van der Waals surface area contributed by atoms with E-state index in [2.05, 4.69) is 6.92 Å². The highest BCUT2D eigenvalue weighted by atomic mass is 32.2. The highest BCUT2D eigenvalue weighted by molar-refractivity contribution is 7.89. The van der Waals surface area contributed by atoms with Gasteiger partial charge in [-0.1, -0.05) is 39.8 Å². The molecule has 0 radical (unpaired) electrons. The Morgan fingerprint density at radius 3 is 2.14 bits per heavy atom. The van der Waals surface area contributed by atoms with Gasteiger partial charge in [0, 0.05) is 13.1 Å². The van der Waals surface area contributed by atoms with E-state index in [1.165, 1.54) is 0 Å². The zero-order valence-corrected chi connectivity index (χ0v) is 14.4. The van der Waals surface area contributed by atoms with Crippen LogP contribution in [0.2, 0.25) is 0 Å². The number of nitrogens with two attached hydrogens (primary N) is 1. The van der Waals surface area contributed by atoms with E-state index in [9.17, 15) is 8.42 Å². The van der Waals surface area contributed by atoms with E-state index in [1.807, 2.05) is 32.9 Å². The molecule has 0 aliphatic rings. The summed E-state index contributed by atoms with van der Waals surface area (Å²) in [5.74, 6) is 0.